The summed E-state index contributed by atoms with van der Waals surface area (Å²) in [5, 5.41) is 3.61. The molecule has 2 unspecified atom stereocenters. The summed E-state index contributed by atoms with van der Waals surface area (Å²) in [6.45, 7) is 5.29. The minimum absolute atomic E-state index is 0.531. The van der Waals surface area contributed by atoms with Crippen LogP contribution in [-0.2, 0) is 6.54 Å². The number of piperidine rings is 1. The minimum atomic E-state index is 0.531. The predicted molar refractivity (Wildman–Crippen MR) is 79.2 cm³/mol. The molecule has 2 rings (SSSR count). The molecular formula is C15H25N3O2. The molecule has 5 nitrogen and oxygen atoms in total. The quantitative estimate of drug-likeness (QED) is 0.885. The van der Waals surface area contributed by atoms with Crippen LogP contribution in [0.2, 0.25) is 0 Å². The van der Waals surface area contributed by atoms with E-state index in [-0.39, 0.29) is 0 Å². The molecule has 2 atom stereocenters. The van der Waals surface area contributed by atoms with E-state index in [1.165, 1.54) is 6.42 Å². The zero-order valence-corrected chi connectivity index (χ0v) is 12.8. The van der Waals surface area contributed by atoms with Crippen LogP contribution >= 0.6 is 0 Å². The number of rotatable bonds is 5. The third-order valence-electron chi connectivity index (χ3n) is 4.01. The molecule has 0 saturated carbocycles. The lowest BCUT2D eigenvalue weighted by Gasteiger charge is -2.35. The third-order valence-corrected chi connectivity index (χ3v) is 4.01. The molecule has 0 aromatic carbocycles. The molecule has 1 saturated heterocycles. The van der Waals surface area contributed by atoms with Gasteiger partial charge in [0.2, 0.25) is 0 Å². The van der Waals surface area contributed by atoms with Gasteiger partial charge in [-0.1, -0.05) is 6.92 Å². The maximum atomic E-state index is 5.42. The molecule has 0 amide bonds. The maximum Gasteiger partial charge on any atom is 0.183 e. The van der Waals surface area contributed by atoms with Gasteiger partial charge < -0.3 is 19.7 Å². The van der Waals surface area contributed by atoms with Gasteiger partial charge in [-0.3, -0.25) is 4.98 Å². The van der Waals surface area contributed by atoms with E-state index >= 15 is 0 Å². The average Bonchev–Trinajstić information content (AvgIpc) is 2.45. The van der Waals surface area contributed by atoms with Crippen molar-refractivity contribution >= 4 is 0 Å². The fourth-order valence-corrected chi connectivity index (χ4v) is 2.86. The molecule has 1 fully saturated rings. The zero-order chi connectivity index (χ0) is 14.5. The van der Waals surface area contributed by atoms with Gasteiger partial charge in [-0.05, 0) is 25.9 Å². The zero-order valence-electron chi connectivity index (χ0n) is 12.8. The number of ether oxygens (including phenoxy) is 2. The van der Waals surface area contributed by atoms with Crippen molar-refractivity contribution in [2.45, 2.75) is 25.9 Å². The lowest BCUT2D eigenvalue weighted by molar-refractivity contribution is 0.173. The van der Waals surface area contributed by atoms with Gasteiger partial charge in [0.15, 0.2) is 11.5 Å². The van der Waals surface area contributed by atoms with Crippen LogP contribution in [0.3, 0.4) is 0 Å². The van der Waals surface area contributed by atoms with Crippen LogP contribution in [0.25, 0.3) is 0 Å². The van der Waals surface area contributed by atoms with Gasteiger partial charge in [0.1, 0.15) is 0 Å². The summed E-state index contributed by atoms with van der Waals surface area (Å²) >= 11 is 0. The molecule has 0 bridgehead atoms. The van der Waals surface area contributed by atoms with Gasteiger partial charge in [0, 0.05) is 31.4 Å². The minimum Gasteiger partial charge on any atom is -0.493 e. The fourth-order valence-electron chi connectivity index (χ4n) is 2.86. The van der Waals surface area contributed by atoms with Gasteiger partial charge in [-0.15, -0.1) is 0 Å². The van der Waals surface area contributed by atoms with Crippen molar-refractivity contribution in [3.8, 4) is 11.5 Å². The Labute approximate surface area is 121 Å². The van der Waals surface area contributed by atoms with Gasteiger partial charge in [-0.2, -0.15) is 0 Å². The van der Waals surface area contributed by atoms with E-state index in [0.717, 1.165) is 30.3 Å². The van der Waals surface area contributed by atoms with Crippen LogP contribution in [0.5, 0.6) is 11.5 Å². The Morgan fingerprint density at radius 1 is 1.40 bits per heavy atom. The second kappa shape index (κ2) is 6.90. The first-order valence-electron chi connectivity index (χ1n) is 7.13. The van der Waals surface area contributed by atoms with Gasteiger partial charge in [0.05, 0.1) is 19.9 Å². The van der Waals surface area contributed by atoms with Crippen molar-refractivity contribution in [3.05, 3.63) is 18.0 Å². The third kappa shape index (κ3) is 3.41. The monoisotopic (exact) mass is 279 g/mol. The molecule has 2 heterocycles. The molecule has 1 aliphatic rings. The van der Waals surface area contributed by atoms with Crippen LogP contribution in [0.1, 0.15) is 19.0 Å². The number of nitrogens with one attached hydrogen (secondary N) is 1. The first-order valence-corrected chi connectivity index (χ1v) is 7.13. The Balaban J connectivity index is 2.00. The van der Waals surface area contributed by atoms with Crippen molar-refractivity contribution < 1.29 is 9.47 Å². The summed E-state index contributed by atoms with van der Waals surface area (Å²) in [5.74, 6) is 2.10. The highest BCUT2D eigenvalue weighted by atomic mass is 16.5. The highest BCUT2D eigenvalue weighted by molar-refractivity contribution is 5.42. The van der Waals surface area contributed by atoms with Crippen LogP contribution < -0.4 is 14.8 Å². The lowest BCUT2D eigenvalue weighted by atomic mass is 9.94. The second-order valence-electron chi connectivity index (χ2n) is 5.51. The summed E-state index contributed by atoms with van der Waals surface area (Å²) in [6.07, 6.45) is 2.93. The maximum absolute atomic E-state index is 5.42. The topological polar surface area (TPSA) is 46.6 Å². The van der Waals surface area contributed by atoms with Crippen molar-refractivity contribution in [3.63, 3.8) is 0 Å². The molecule has 1 N–H and O–H groups in total. The van der Waals surface area contributed by atoms with Gasteiger partial charge in [0.25, 0.3) is 0 Å². The highest BCUT2D eigenvalue weighted by Gasteiger charge is 2.24. The molecule has 0 spiro atoms. The van der Waals surface area contributed by atoms with Crippen LogP contribution in [-0.4, -0.2) is 50.3 Å². The molecule has 0 aliphatic carbocycles. The van der Waals surface area contributed by atoms with Crippen molar-refractivity contribution in [2.75, 3.05) is 34.4 Å². The van der Waals surface area contributed by atoms with E-state index in [9.17, 15) is 0 Å². The Bertz CT molecular complexity index is 439. The Morgan fingerprint density at radius 3 is 2.85 bits per heavy atom. The molecule has 20 heavy (non-hydrogen) atoms. The summed E-state index contributed by atoms with van der Waals surface area (Å²) in [6, 6.07) is 2.35. The van der Waals surface area contributed by atoms with Crippen LogP contribution in [0.4, 0.5) is 0 Å². The lowest BCUT2D eigenvalue weighted by Crippen LogP contribution is -2.46. The van der Waals surface area contributed by atoms with Crippen molar-refractivity contribution in [1.82, 2.24) is 15.2 Å². The Hall–Kier alpha value is -1.33. The number of hydrogen-bond acceptors (Lipinski definition) is 5. The summed E-state index contributed by atoms with van der Waals surface area (Å²) < 4.78 is 10.7. The molecular weight excluding hydrogens is 254 g/mol. The molecule has 5 heteroatoms. The van der Waals surface area contributed by atoms with E-state index < -0.39 is 0 Å². The first kappa shape index (κ1) is 15.1. The summed E-state index contributed by atoms with van der Waals surface area (Å²) in [4.78, 5) is 6.79. The number of nitrogens with zero attached hydrogens (tertiary/aromatic N) is 2. The van der Waals surface area contributed by atoms with Crippen LogP contribution in [0, 0.1) is 5.92 Å². The summed E-state index contributed by atoms with van der Waals surface area (Å²) in [7, 11) is 5.48. The van der Waals surface area contributed by atoms with E-state index in [2.05, 4.69) is 29.2 Å². The van der Waals surface area contributed by atoms with Gasteiger partial charge in [-0.25, -0.2) is 0 Å². The van der Waals surface area contributed by atoms with Crippen molar-refractivity contribution in [1.29, 1.82) is 0 Å². The number of methoxy groups -OCH3 is 2. The number of likely N-dealkylation sites (tertiary alicyclic amines) is 1. The normalized spacial score (nSPS) is 23.6. The predicted octanol–water partition coefficient (Wildman–Crippen LogP) is 1.53. The first-order chi connectivity index (χ1) is 9.65. The smallest absolute Gasteiger partial charge is 0.183 e. The van der Waals surface area contributed by atoms with E-state index in [1.807, 2.05) is 6.07 Å². The second-order valence-corrected chi connectivity index (χ2v) is 5.51. The number of hydrogen-bond donors (Lipinski definition) is 1. The molecule has 1 aromatic heterocycles. The Morgan fingerprint density at radius 2 is 2.20 bits per heavy atom. The molecule has 1 aliphatic heterocycles. The van der Waals surface area contributed by atoms with E-state index in [1.54, 1.807) is 20.4 Å². The average molecular weight is 279 g/mol. The molecule has 1 aromatic rings. The fraction of sp³-hybridized carbons (Fsp3) is 0.667. The van der Waals surface area contributed by atoms with Crippen LogP contribution in [0.15, 0.2) is 12.3 Å². The van der Waals surface area contributed by atoms with Crippen molar-refractivity contribution in [2.24, 2.45) is 5.92 Å². The number of aromatic nitrogens is 1. The highest BCUT2D eigenvalue weighted by Crippen LogP contribution is 2.29. The largest absolute Gasteiger partial charge is 0.493 e. The SMILES string of the molecule is COc1ccnc(CNC2CCN(C)CC2C)c1OC. The van der Waals surface area contributed by atoms with E-state index in [0.29, 0.717) is 18.5 Å². The molecule has 0 radical (unpaired) electrons. The van der Waals surface area contributed by atoms with E-state index in [4.69, 9.17) is 9.47 Å². The molecule has 112 valence electrons. The summed E-state index contributed by atoms with van der Waals surface area (Å²) in [5.41, 5.74) is 0.901. The Kier molecular flexibility index (Phi) is 5.20. The number of pyridine rings is 1. The van der Waals surface area contributed by atoms with Gasteiger partial charge >= 0.3 is 0 Å². The standard InChI is InChI=1S/C15H25N3O2/c1-11-10-18(2)8-6-12(11)17-9-13-15(20-4)14(19-3)5-7-16-13/h5,7,11-12,17H,6,8-10H2,1-4H3.